The van der Waals surface area contributed by atoms with E-state index in [0.29, 0.717) is 12.8 Å². The molecule has 0 aliphatic rings. The molecule has 0 saturated heterocycles. The van der Waals surface area contributed by atoms with Crippen LogP contribution in [-0.2, 0) is 9.59 Å². The minimum Gasteiger partial charge on any atom is -0.356 e. The van der Waals surface area contributed by atoms with E-state index in [1.807, 2.05) is 0 Å². The van der Waals surface area contributed by atoms with Crippen molar-refractivity contribution in [1.29, 1.82) is 0 Å². The highest BCUT2D eigenvalue weighted by molar-refractivity contribution is 5.75. The van der Waals surface area contributed by atoms with Gasteiger partial charge in [-0.15, -0.1) is 0 Å². The monoisotopic (exact) mass is 227 g/mol. The third-order valence-corrected chi connectivity index (χ3v) is 2.54. The molecular weight excluding hydrogens is 202 g/mol. The van der Waals surface area contributed by atoms with Crippen molar-refractivity contribution >= 4 is 11.7 Å². The van der Waals surface area contributed by atoms with Gasteiger partial charge in [0.1, 0.15) is 5.78 Å². The van der Waals surface area contributed by atoms with Crippen LogP contribution in [0.1, 0.15) is 65.2 Å². The summed E-state index contributed by atoms with van der Waals surface area (Å²) in [7, 11) is 0. The Morgan fingerprint density at radius 1 is 0.938 bits per heavy atom. The maximum Gasteiger partial charge on any atom is 0.219 e. The lowest BCUT2D eigenvalue weighted by atomic mass is 10.1. The number of nitrogens with one attached hydrogen (secondary N) is 1. The van der Waals surface area contributed by atoms with Gasteiger partial charge in [-0.2, -0.15) is 0 Å². The standard InChI is InChI=1S/C13H25NO2/c1-3-4-6-10-13(16)14-11-8-5-7-9-12(2)15/h3-11H2,1-2H3,(H,14,16). The molecule has 0 rings (SSSR count). The highest BCUT2D eigenvalue weighted by Gasteiger charge is 1.99. The largest absolute Gasteiger partial charge is 0.356 e. The minimum atomic E-state index is 0.167. The number of ketones is 1. The zero-order valence-electron chi connectivity index (χ0n) is 10.7. The molecule has 0 aromatic heterocycles. The van der Waals surface area contributed by atoms with Crippen LogP contribution in [0.3, 0.4) is 0 Å². The quantitative estimate of drug-likeness (QED) is 0.583. The van der Waals surface area contributed by atoms with E-state index in [1.165, 1.54) is 0 Å². The molecule has 3 heteroatoms. The van der Waals surface area contributed by atoms with E-state index in [2.05, 4.69) is 12.2 Å². The average molecular weight is 227 g/mol. The van der Waals surface area contributed by atoms with Gasteiger partial charge in [-0.25, -0.2) is 0 Å². The number of hydrogen-bond acceptors (Lipinski definition) is 2. The molecule has 0 saturated carbocycles. The normalized spacial score (nSPS) is 10.1. The van der Waals surface area contributed by atoms with Crippen LogP contribution in [-0.4, -0.2) is 18.2 Å². The van der Waals surface area contributed by atoms with Crippen molar-refractivity contribution in [3.63, 3.8) is 0 Å². The van der Waals surface area contributed by atoms with Gasteiger partial charge in [0.15, 0.2) is 0 Å². The van der Waals surface area contributed by atoms with Crippen LogP contribution in [0.2, 0.25) is 0 Å². The Kier molecular flexibility index (Phi) is 10.1. The van der Waals surface area contributed by atoms with Gasteiger partial charge >= 0.3 is 0 Å². The van der Waals surface area contributed by atoms with E-state index >= 15 is 0 Å². The molecule has 0 unspecified atom stereocenters. The Hall–Kier alpha value is -0.860. The minimum absolute atomic E-state index is 0.167. The van der Waals surface area contributed by atoms with Crippen molar-refractivity contribution in [2.24, 2.45) is 0 Å². The molecule has 94 valence electrons. The molecule has 0 aliphatic heterocycles. The lowest BCUT2D eigenvalue weighted by Crippen LogP contribution is -2.23. The van der Waals surface area contributed by atoms with Crippen LogP contribution in [0.25, 0.3) is 0 Å². The van der Waals surface area contributed by atoms with Gasteiger partial charge in [0.05, 0.1) is 0 Å². The second-order valence-corrected chi connectivity index (χ2v) is 4.32. The van der Waals surface area contributed by atoms with Gasteiger partial charge in [0, 0.05) is 19.4 Å². The van der Waals surface area contributed by atoms with Gasteiger partial charge in [-0.05, 0) is 26.2 Å². The summed E-state index contributed by atoms with van der Waals surface area (Å²) in [5.41, 5.74) is 0. The van der Waals surface area contributed by atoms with E-state index < -0.39 is 0 Å². The van der Waals surface area contributed by atoms with Crippen molar-refractivity contribution < 1.29 is 9.59 Å². The van der Waals surface area contributed by atoms with Crippen molar-refractivity contribution in [3.05, 3.63) is 0 Å². The molecule has 0 radical (unpaired) electrons. The molecule has 0 fully saturated rings. The first-order valence-electron chi connectivity index (χ1n) is 6.43. The molecule has 16 heavy (non-hydrogen) atoms. The van der Waals surface area contributed by atoms with Crippen molar-refractivity contribution in [3.8, 4) is 0 Å². The molecule has 0 heterocycles. The van der Waals surface area contributed by atoms with E-state index in [4.69, 9.17) is 0 Å². The molecule has 1 N–H and O–H groups in total. The Bertz CT molecular complexity index is 202. The summed E-state index contributed by atoms with van der Waals surface area (Å²) >= 11 is 0. The smallest absolute Gasteiger partial charge is 0.219 e. The first-order chi connectivity index (χ1) is 7.66. The summed E-state index contributed by atoms with van der Waals surface area (Å²) in [6, 6.07) is 0. The fraction of sp³-hybridized carbons (Fsp3) is 0.846. The number of amides is 1. The van der Waals surface area contributed by atoms with Gasteiger partial charge in [0.25, 0.3) is 0 Å². The lowest BCUT2D eigenvalue weighted by Gasteiger charge is -2.04. The summed E-state index contributed by atoms with van der Waals surface area (Å²) in [5.74, 6) is 0.420. The highest BCUT2D eigenvalue weighted by Crippen LogP contribution is 2.00. The summed E-state index contributed by atoms with van der Waals surface area (Å²) < 4.78 is 0. The Labute approximate surface area is 99.0 Å². The maximum atomic E-state index is 11.3. The number of carbonyl (C=O) groups is 2. The molecule has 0 aromatic carbocycles. The first-order valence-corrected chi connectivity index (χ1v) is 6.43. The zero-order valence-corrected chi connectivity index (χ0v) is 10.7. The zero-order chi connectivity index (χ0) is 12.2. The van der Waals surface area contributed by atoms with Crippen LogP contribution < -0.4 is 5.32 Å². The average Bonchev–Trinajstić information content (AvgIpc) is 2.23. The van der Waals surface area contributed by atoms with Gasteiger partial charge in [-0.3, -0.25) is 4.79 Å². The molecule has 1 amide bonds. The Morgan fingerprint density at radius 2 is 1.62 bits per heavy atom. The topological polar surface area (TPSA) is 46.2 Å². The van der Waals surface area contributed by atoms with Crippen molar-refractivity contribution in [2.75, 3.05) is 6.54 Å². The van der Waals surface area contributed by atoms with Crippen LogP contribution in [0.4, 0.5) is 0 Å². The Morgan fingerprint density at radius 3 is 2.25 bits per heavy atom. The SMILES string of the molecule is CCCCCC(=O)NCCCCCC(C)=O. The molecule has 0 spiro atoms. The predicted octanol–water partition coefficient (Wildman–Crippen LogP) is 2.83. The summed E-state index contributed by atoms with van der Waals surface area (Å²) in [4.78, 5) is 22.0. The Balaban J connectivity index is 3.18. The number of Topliss-reactive ketones (excluding diaryl/α,β-unsaturated/α-hetero) is 1. The second-order valence-electron chi connectivity index (χ2n) is 4.32. The first kappa shape index (κ1) is 15.1. The van der Waals surface area contributed by atoms with E-state index in [0.717, 1.165) is 45.1 Å². The number of hydrogen-bond donors (Lipinski definition) is 1. The van der Waals surface area contributed by atoms with Crippen molar-refractivity contribution in [2.45, 2.75) is 65.2 Å². The third-order valence-electron chi connectivity index (χ3n) is 2.54. The molecule has 0 atom stereocenters. The van der Waals surface area contributed by atoms with E-state index in [1.54, 1.807) is 6.92 Å². The van der Waals surface area contributed by atoms with Gasteiger partial charge in [-0.1, -0.05) is 26.2 Å². The van der Waals surface area contributed by atoms with E-state index in [9.17, 15) is 9.59 Å². The van der Waals surface area contributed by atoms with Crippen LogP contribution in [0.15, 0.2) is 0 Å². The predicted molar refractivity (Wildman–Crippen MR) is 66.3 cm³/mol. The summed E-state index contributed by atoms with van der Waals surface area (Å²) in [6.45, 7) is 4.51. The van der Waals surface area contributed by atoms with E-state index in [-0.39, 0.29) is 11.7 Å². The fourth-order valence-corrected chi connectivity index (χ4v) is 1.53. The molecule has 0 aromatic rings. The number of unbranched alkanes of at least 4 members (excludes halogenated alkanes) is 4. The van der Waals surface area contributed by atoms with Crippen LogP contribution >= 0.6 is 0 Å². The van der Waals surface area contributed by atoms with Gasteiger partial charge in [0.2, 0.25) is 5.91 Å². The van der Waals surface area contributed by atoms with Crippen LogP contribution in [0, 0.1) is 0 Å². The van der Waals surface area contributed by atoms with Crippen molar-refractivity contribution in [1.82, 2.24) is 5.32 Å². The second kappa shape index (κ2) is 10.7. The molecule has 0 aliphatic carbocycles. The number of carbonyl (C=O) groups excluding carboxylic acids is 2. The third kappa shape index (κ3) is 11.2. The fourth-order valence-electron chi connectivity index (χ4n) is 1.53. The molecule has 3 nitrogen and oxygen atoms in total. The van der Waals surface area contributed by atoms with Gasteiger partial charge < -0.3 is 10.1 Å². The highest BCUT2D eigenvalue weighted by atomic mass is 16.1. The number of rotatable bonds is 10. The van der Waals surface area contributed by atoms with Crippen LogP contribution in [0.5, 0.6) is 0 Å². The summed E-state index contributed by atoms with van der Waals surface area (Å²) in [6.07, 6.45) is 7.55. The molecular formula is C13H25NO2. The summed E-state index contributed by atoms with van der Waals surface area (Å²) in [5, 5.41) is 2.91. The lowest BCUT2D eigenvalue weighted by molar-refractivity contribution is -0.121. The maximum absolute atomic E-state index is 11.3. The molecule has 0 bridgehead atoms.